The predicted octanol–water partition coefficient (Wildman–Crippen LogP) is 3.06. The third-order valence-electron chi connectivity index (χ3n) is 5.18. The van der Waals surface area contributed by atoms with E-state index in [-0.39, 0.29) is 12.6 Å². The topological polar surface area (TPSA) is 6.48 Å². The van der Waals surface area contributed by atoms with Crippen molar-refractivity contribution in [1.29, 1.82) is 0 Å². The molecule has 2 aliphatic rings. The second kappa shape index (κ2) is 7.05. The van der Waals surface area contributed by atoms with Crippen LogP contribution in [0, 0.1) is 5.92 Å². The summed E-state index contributed by atoms with van der Waals surface area (Å²) < 4.78 is 25.3. The molecule has 4 heteroatoms. The van der Waals surface area contributed by atoms with Crippen LogP contribution in [0.1, 0.15) is 24.5 Å². The highest BCUT2D eigenvalue weighted by Crippen LogP contribution is 2.27. The standard InChI is InChI=1S/C18H26F2N2/c1-2-17-12-21(7-8-22(17)13-18(19)20)11-14-9-15-5-3-4-6-16(15)10-14/h3-6,14,17-18H,2,7-13H2,1H3. The number of alkyl halides is 2. The van der Waals surface area contributed by atoms with Crippen LogP contribution in [-0.4, -0.2) is 55.0 Å². The fourth-order valence-electron chi connectivity index (χ4n) is 4.07. The molecule has 0 spiro atoms. The first-order chi connectivity index (χ1) is 10.7. The number of hydrogen-bond donors (Lipinski definition) is 0. The van der Waals surface area contributed by atoms with Crippen molar-refractivity contribution in [2.75, 3.05) is 32.7 Å². The van der Waals surface area contributed by atoms with E-state index in [0.29, 0.717) is 5.92 Å². The third kappa shape index (κ3) is 3.66. The van der Waals surface area contributed by atoms with Crippen LogP contribution in [0.25, 0.3) is 0 Å². The van der Waals surface area contributed by atoms with Crippen LogP contribution in [0.3, 0.4) is 0 Å². The van der Waals surface area contributed by atoms with Crippen LogP contribution in [0.2, 0.25) is 0 Å². The number of nitrogens with zero attached hydrogens (tertiary/aromatic N) is 2. The van der Waals surface area contributed by atoms with E-state index < -0.39 is 6.43 Å². The highest BCUT2D eigenvalue weighted by atomic mass is 19.3. The summed E-state index contributed by atoms with van der Waals surface area (Å²) in [6, 6.07) is 9.01. The van der Waals surface area contributed by atoms with E-state index in [4.69, 9.17) is 0 Å². The largest absolute Gasteiger partial charge is 0.300 e. The molecular weight excluding hydrogens is 282 g/mol. The van der Waals surface area contributed by atoms with Gasteiger partial charge in [-0.25, -0.2) is 8.78 Å². The SMILES string of the molecule is CCC1CN(CC2Cc3ccccc3C2)CCN1CC(F)F. The van der Waals surface area contributed by atoms with E-state index in [9.17, 15) is 8.78 Å². The van der Waals surface area contributed by atoms with Crippen LogP contribution in [0.4, 0.5) is 8.78 Å². The van der Waals surface area contributed by atoms with Gasteiger partial charge < -0.3 is 4.90 Å². The summed E-state index contributed by atoms with van der Waals surface area (Å²) in [5.41, 5.74) is 2.99. The Labute approximate surface area is 132 Å². The summed E-state index contributed by atoms with van der Waals surface area (Å²) in [5.74, 6) is 0.691. The Morgan fingerprint density at radius 1 is 1.14 bits per heavy atom. The zero-order chi connectivity index (χ0) is 15.5. The van der Waals surface area contributed by atoms with Gasteiger partial charge in [0.1, 0.15) is 0 Å². The lowest BCUT2D eigenvalue weighted by molar-refractivity contribution is 0.0154. The van der Waals surface area contributed by atoms with Gasteiger partial charge in [0.25, 0.3) is 6.43 Å². The predicted molar refractivity (Wildman–Crippen MR) is 85.4 cm³/mol. The highest BCUT2D eigenvalue weighted by molar-refractivity contribution is 5.32. The summed E-state index contributed by atoms with van der Waals surface area (Å²) >= 11 is 0. The van der Waals surface area contributed by atoms with Crippen molar-refractivity contribution < 1.29 is 8.78 Å². The lowest BCUT2D eigenvalue weighted by atomic mass is 10.0. The number of piperazine rings is 1. The first-order valence-corrected chi connectivity index (χ1v) is 8.47. The molecule has 1 aromatic rings. The van der Waals surface area contributed by atoms with Crippen LogP contribution in [0.5, 0.6) is 0 Å². The van der Waals surface area contributed by atoms with Gasteiger partial charge >= 0.3 is 0 Å². The summed E-state index contributed by atoms with van der Waals surface area (Å²) in [4.78, 5) is 4.47. The molecule has 0 bridgehead atoms. The van der Waals surface area contributed by atoms with Gasteiger partial charge in [-0.05, 0) is 36.3 Å². The second-order valence-electron chi connectivity index (χ2n) is 6.75. The van der Waals surface area contributed by atoms with Crippen molar-refractivity contribution in [3.63, 3.8) is 0 Å². The minimum atomic E-state index is -2.22. The maximum absolute atomic E-state index is 12.7. The summed E-state index contributed by atoms with van der Waals surface area (Å²) in [5, 5.41) is 0. The van der Waals surface area contributed by atoms with Crippen LogP contribution >= 0.6 is 0 Å². The molecule has 1 heterocycles. The molecule has 1 aromatic carbocycles. The normalized spacial score (nSPS) is 24.1. The lowest BCUT2D eigenvalue weighted by Crippen LogP contribution is -2.54. The Hall–Kier alpha value is -1.00. The van der Waals surface area contributed by atoms with Gasteiger partial charge in [0.05, 0.1) is 6.54 Å². The Bertz CT molecular complexity index is 467. The first-order valence-electron chi connectivity index (χ1n) is 8.47. The van der Waals surface area contributed by atoms with Gasteiger partial charge in [-0.2, -0.15) is 0 Å². The Morgan fingerprint density at radius 2 is 1.82 bits per heavy atom. The van der Waals surface area contributed by atoms with E-state index in [1.165, 1.54) is 24.0 Å². The molecule has 0 amide bonds. The van der Waals surface area contributed by atoms with Gasteiger partial charge in [0, 0.05) is 32.2 Å². The molecule has 2 nitrogen and oxygen atoms in total. The van der Waals surface area contributed by atoms with Crippen LogP contribution in [0.15, 0.2) is 24.3 Å². The van der Waals surface area contributed by atoms with Crippen molar-refractivity contribution in [3.8, 4) is 0 Å². The second-order valence-corrected chi connectivity index (χ2v) is 6.75. The van der Waals surface area contributed by atoms with Crippen LogP contribution in [-0.2, 0) is 12.8 Å². The number of hydrogen-bond acceptors (Lipinski definition) is 2. The van der Waals surface area contributed by atoms with Crippen molar-refractivity contribution >= 4 is 0 Å². The molecule has 3 rings (SSSR count). The summed E-state index contributed by atoms with van der Waals surface area (Å²) in [7, 11) is 0. The first kappa shape index (κ1) is 15.9. The maximum Gasteiger partial charge on any atom is 0.251 e. The third-order valence-corrected chi connectivity index (χ3v) is 5.18. The van der Waals surface area contributed by atoms with E-state index in [2.05, 4.69) is 36.1 Å². The molecule has 0 N–H and O–H groups in total. The monoisotopic (exact) mass is 308 g/mol. The Kier molecular flexibility index (Phi) is 5.09. The fraction of sp³-hybridized carbons (Fsp3) is 0.667. The molecule has 0 saturated carbocycles. The maximum atomic E-state index is 12.7. The van der Waals surface area contributed by atoms with E-state index in [1.54, 1.807) is 0 Å². The number of fused-ring (bicyclic) bond motifs is 1. The van der Waals surface area contributed by atoms with Crippen molar-refractivity contribution in [1.82, 2.24) is 9.80 Å². The molecule has 1 saturated heterocycles. The molecule has 0 radical (unpaired) electrons. The molecule has 1 fully saturated rings. The minimum Gasteiger partial charge on any atom is -0.300 e. The summed E-state index contributed by atoms with van der Waals surface area (Å²) in [6.45, 7) is 5.79. The van der Waals surface area contributed by atoms with Gasteiger partial charge in [-0.1, -0.05) is 31.2 Å². The summed E-state index contributed by atoms with van der Waals surface area (Å²) in [6.07, 6.45) is 1.08. The highest BCUT2D eigenvalue weighted by Gasteiger charge is 2.30. The average Bonchev–Trinajstić information content (AvgIpc) is 2.90. The number of halogens is 2. The fourth-order valence-corrected chi connectivity index (χ4v) is 4.07. The molecule has 1 aliphatic carbocycles. The lowest BCUT2D eigenvalue weighted by Gasteiger charge is -2.41. The smallest absolute Gasteiger partial charge is 0.251 e. The quantitative estimate of drug-likeness (QED) is 0.825. The molecular formula is C18H26F2N2. The van der Waals surface area contributed by atoms with E-state index >= 15 is 0 Å². The van der Waals surface area contributed by atoms with Gasteiger partial charge in [-0.15, -0.1) is 0 Å². The van der Waals surface area contributed by atoms with E-state index in [1.807, 2.05) is 4.90 Å². The van der Waals surface area contributed by atoms with Gasteiger partial charge in [0.15, 0.2) is 0 Å². The van der Waals surface area contributed by atoms with Crippen LogP contribution < -0.4 is 0 Å². The minimum absolute atomic E-state index is 0.0682. The molecule has 0 aromatic heterocycles. The molecule has 22 heavy (non-hydrogen) atoms. The molecule has 122 valence electrons. The van der Waals surface area contributed by atoms with Crippen molar-refractivity contribution in [2.45, 2.75) is 38.7 Å². The van der Waals surface area contributed by atoms with Crippen molar-refractivity contribution in [3.05, 3.63) is 35.4 Å². The number of benzene rings is 1. The van der Waals surface area contributed by atoms with Gasteiger partial charge in [-0.3, -0.25) is 4.90 Å². The van der Waals surface area contributed by atoms with E-state index in [0.717, 1.165) is 32.6 Å². The Morgan fingerprint density at radius 3 is 2.41 bits per heavy atom. The molecule has 1 aliphatic heterocycles. The molecule has 1 atom stereocenters. The average molecular weight is 308 g/mol. The zero-order valence-electron chi connectivity index (χ0n) is 13.3. The zero-order valence-corrected chi connectivity index (χ0v) is 13.3. The van der Waals surface area contributed by atoms with Gasteiger partial charge in [0.2, 0.25) is 0 Å². The number of rotatable bonds is 5. The Balaban J connectivity index is 1.53. The van der Waals surface area contributed by atoms with Crippen molar-refractivity contribution in [2.24, 2.45) is 5.92 Å². The molecule has 1 unspecified atom stereocenters.